The predicted molar refractivity (Wildman–Crippen MR) is 179 cm³/mol. The summed E-state index contributed by atoms with van der Waals surface area (Å²) < 4.78 is 13.2. The van der Waals surface area contributed by atoms with Crippen LogP contribution in [0.25, 0.3) is 0 Å². The maximum absolute atomic E-state index is 14.7. The van der Waals surface area contributed by atoms with Gasteiger partial charge in [0, 0.05) is 40.8 Å². The summed E-state index contributed by atoms with van der Waals surface area (Å²) in [5.74, 6) is -1.26. The van der Waals surface area contributed by atoms with Crippen LogP contribution in [-0.2, 0) is 20.7 Å². The van der Waals surface area contributed by atoms with E-state index in [1.165, 1.54) is 6.42 Å². The molecule has 0 bridgehead atoms. The van der Waals surface area contributed by atoms with Gasteiger partial charge in [0.15, 0.2) is 5.72 Å². The predicted octanol–water partition coefficient (Wildman–Crippen LogP) is 6.04. The number of carbonyl (C=O) groups excluding carboxylic acids is 3. The Morgan fingerprint density at radius 3 is 2.47 bits per heavy atom. The Hall–Kier alpha value is -3.28. The Bertz CT molecular complexity index is 1530. The largest absolute Gasteiger partial charge is 0.376 e. The van der Waals surface area contributed by atoms with Crippen LogP contribution >= 0.6 is 27.5 Å². The second-order valence-electron chi connectivity index (χ2n) is 11.4. The van der Waals surface area contributed by atoms with Crippen molar-refractivity contribution in [3.63, 3.8) is 0 Å². The number of benzene rings is 3. The number of primary amides is 1. The number of piperidine rings is 1. The number of hydrogen-bond acceptors (Lipinski definition) is 6. The van der Waals surface area contributed by atoms with E-state index in [9.17, 15) is 14.4 Å². The summed E-state index contributed by atoms with van der Waals surface area (Å²) in [6.45, 7) is 2.17. The molecule has 3 N–H and O–H groups in total. The molecule has 45 heavy (non-hydrogen) atoms. The van der Waals surface area contributed by atoms with Crippen molar-refractivity contribution in [1.82, 2.24) is 4.90 Å². The van der Waals surface area contributed by atoms with Gasteiger partial charge in [-0.25, -0.2) is 0 Å². The van der Waals surface area contributed by atoms with Gasteiger partial charge < -0.3 is 25.4 Å². The zero-order valence-corrected chi connectivity index (χ0v) is 27.6. The summed E-state index contributed by atoms with van der Waals surface area (Å²) in [6.07, 6.45) is 4.36. The smallest absolute Gasteiger partial charge is 0.260 e. The van der Waals surface area contributed by atoms with Crippen molar-refractivity contribution in [3.05, 3.63) is 92.9 Å². The number of methoxy groups -OCH3 is 1. The third-order valence-electron chi connectivity index (χ3n) is 8.54. The monoisotopic (exact) mass is 696 g/mol. The van der Waals surface area contributed by atoms with E-state index in [-0.39, 0.29) is 18.4 Å². The van der Waals surface area contributed by atoms with Crippen LogP contribution in [0.2, 0.25) is 5.02 Å². The van der Waals surface area contributed by atoms with E-state index in [1.54, 1.807) is 60.5 Å². The van der Waals surface area contributed by atoms with Crippen molar-refractivity contribution in [2.24, 2.45) is 5.73 Å². The molecule has 3 aromatic carbocycles. The Balaban J connectivity index is 1.53. The molecule has 238 valence electrons. The summed E-state index contributed by atoms with van der Waals surface area (Å²) >= 11 is 9.84. The van der Waals surface area contributed by atoms with Crippen LogP contribution in [-0.4, -0.2) is 67.8 Å². The fourth-order valence-corrected chi connectivity index (χ4v) is 6.94. The van der Waals surface area contributed by atoms with Gasteiger partial charge in [-0.1, -0.05) is 30.2 Å². The SMILES string of the molecule is COC1CCc2cc(Cl)ccc2N(C(=O)c2ccc(NC(=O)c3ccccc3Br)cc2)C1(CCN1CCCCC1)OCC(N)=O. The molecule has 0 aliphatic carbocycles. The van der Waals surface area contributed by atoms with Gasteiger partial charge in [0.2, 0.25) is 5.91 Å². The highest BCUT2D eigenvalue weighted by Crippen LogP contribution is 2.42. The molecule has 1 fully saturated rings. The number of fused-ring (bicyclic) bond motifs is 1. The second kappa shape index (κ2) is 14.9. The Labute approximate surface area is 277 Å². The molecule has 11 heteroatoms. The lowest BCUT2D eigenvalue weighted by molar-refractivity contribution is -0.154. The van der Waals surface area contributed by atoms with Crippen molar-refractivity contribution in [3.8, 4) is 0 Å². The van der Waals surface area contributed by atoms with Crippen molar-refractivity contribution in [2.75, 3.05) is 43.6 Å². The molecular formula is C34H38BrClN4O5. The van der Waals surface area contributed by atoms with Gasteiger partial charge in [-0.15, -0.1) is 0 Å². The van der Waals surface area contributed by atoms with Crippen LogP contribution in [0.3, 0.4) is 0 Å². The molecule has 9 nitrogen and oxygen atoms in total. The first-order chi connectivity index (χ1) is 21.7. The minimum Gasteiger partial charge on any atom is -0.376 e. The number of likely N-dealkylation sites (tertiary alicyclic amines) is 1. The topological polar surface area (TPSA) is 114 Å². The molecule has 2 atom stereocenters. The molecule has 0 radical (unpaired) electrons. The standard InChI is InChI=1S/C34H38BrClN4O5/c1-44-30-16-11-24-21-25(36)12-15-29(24)40(34(30,45-22-31(37)41)17-20-39-18-5-2-6-19-39)33(43)23-9-13-26(14-10-23)38-32(42)27-7-3-4-8-28(27)35/h3-4,7-10,12-15,21,30H,2,5-6,11,16-20,22H2,1H3,(H2,37,41)(H,38,42). The van der Waals surface area contributed by atoms with Gasteiger partial charge in [0.1, 0.15) is 12.7 Å². The third-order valence-corrected chi connectivity index (χ3v) is 9.46. The van der Waals surface area contributed by atoms with Crippen LogP contribution in [0.15, 0.2) is 71.2 Å². The van der Waals surface area contributed by atoms with Gasteiger partial charge in [0.05, 0.1) is 11.3 Å². The van der Waals surface area contributed by atoms with Gasteiger partial charge >= 0.3 is 0 Å². The molecule has 0 spiro atoms. The molecule has 2 aliphatic heterocycles. The molecule has 2 aliphatic rings. The first-order valence-electron chi connectivity index (χ1n) is 15.2. The second-order valence-corrected chi connectivity index (χ2v) is 12.7. The molecule has 2 heterocycles. The van der Waals surface area contributed by atoms with Crippen LogP contribution in [0.5, 0.6) is 0 Å². The Morgan fingerprint density at radius 1 is 1.04 bits per heavy atom. The fraction of sp³-hybridized carbons (Fsp3) is 0.382. The first kappa shape index (κ1) is 33.1. The lowest BCUT2D eigenvalue weighted by Crippen LogP contribution is -2.63. The zero-order chi connectivity index (χ0) is 32.0. The van der Waals surface area contributed by atoms with E-state index in [4.69, 9.17) is 26.8 Å². The van der Waals surface area contributed by atoms with E-state index in [2.05, 4.69) is 26.1 Å². The molecule has 2 unspecified atom stereocenters. The number of aryl methyl sites for hydroxylation is 1. The maximum atomic E-state index is 14.7. The molecule has 3 aromatic rings. The van der Waals surface area contributed by atoms with Gasteiger partial charge in [-0.2, -0.15) is 0 Å². The maximum Gasteiger partial charge on any atom is 0.260 e. The van der Waals surface area contributed by atoms with Crippen LogP contribution in [0.1, 0.15) is 58.4 Å². The quantitative estimate of drug-likeness (QED) is 0.267. The van der Waals surface area contributed by atoms with Crippen molar-refractivity contribution < 1.29 is 23.9 Å². The van der Waals surface area contributed by atoms with Crippen LogP contribution in [0.4, 0.5) is 11.4 Å². The molecular weight excluding hydrogens is 660 g/mol. The number of amides is 3. The zero-order valence-electron chi connectivity index (χ0n) is 25.3. The summed E-state index contributed by atoms with van der Waals surface area (Å²) in [7, 11) is 1.60. The van der Waals surface area contributed by atoms with E-state index in [0.29, 0.717) is 57.8 Å². The lowest BCUT2D eigenvalue weighted by Gasteiger charge is -2.47. The number of hydrogen-bond donors (Lipinski definition) is 2. The normalized spacial score (nSPS) is 20.2. The van der Waals surface area contributed by atoms with Crippen LogP contribution in [0, 0.1) is 0 Å². The number of nitrogens with two attached hydrogens (primary N) is 1. The average molecular weight is 698 g/mol. The molecule has 1 saturated heterocycles. The summed E-state index contributed by atoms with van der Waals surface area (Å²) in [6, 6.07) is 19.3. The van der Waals surface area contributed by atoms with Gasteiger partial charge in [0.25, 0.3) is 11.8 Å². The Morgan fingerprint density at radius 2 is 1.78 bits per heavy atom. The number of ether oxygens (including phenoxy) is 2. The molecule has 3 amide bonds. The fourth-order valence-electron chi connectivity index (χ4n) is 6.28. The summed E-state index contributed by atoms with van der Waals surface area (Å²) in [4.78, 5) is 43.7. The van der Waals surface area contributed by atoms with E-state index < -0.39 is 17.7 Å². The molecule has 0 saturated carbocycles. The summed E-state index contributed by atoms with van der Waals surface area (Å²) in [5.41, 5.74) is 7.18. The lowest BCUT2D eigenvalue weighted by atomic mass is 9.95. The highest BCUT2D eigenvalue weighted by Gasteiger charge is 2.51. The van der Waals surface area contributed by atoms with Gasteiger partial charge in [-0.3, -0.25) is 19.3 Å². The van der Waals surface area contributed by atoms with E-state index in [1.807, 2.05) is 18.2 Å². The van der Waals surface area contributed by atoms with Gasteiger partial charge in [-0.05, 0) is 115 Å². The molecule has 0 aromatic heterocycles. The number of anilines is 2. The van der Waals surface area contributed by atoms with Crippen LogP contribution < -0.4 is 16.0 Å². The third kappa shape index (κ3) is 7.58. The minimum atomic E-state index is -1.34. The Kier molecular flexibility index (Phi) is 10.9. The van der Waals surface area contributed by atoms with Crippen molar-refractivity contribution in [1.29, 1.82) is 0 Å². The van der Waals surface area contributed by atoms with Crippen molar-refractivity contribution >= 4 is 56.6 Å². The number of nitrogens with one attached hydrogen (secondary N) is 1. The van der Waals surface area contributed by atoms with Crippen molar-refractivity contribution in [2.45, 2.75) is 50.4 Å². The minimum absolute atomic E-state index is 0.278. The number of rotatable bonds is 10. The summed E-state index contributed by atoms with van der Waals surface area (Å²) in [5, 5.41) is 3.44. The first-order valence-corrected chi connectivity index (χ1v) is 16.4. The highest BCUT2D eigenvalue weighted by atomic mass is 79.9. The average Bonchev–Trinajstić information content (AvgIpc) is 3.17. The van der Waals surface area contributed by atoms with E-state index >= 15 is 0 Å². The highest BCUT2D eigenvalue weighted by molar-refractivity contribution is 9.10. The molecule has 5 rings (SSSR count). The number of halogens is 2. The number of nitrogens with zero attached hydrogens (tertiary/aromatic N) is 2. The number of carbonyl (C=O) groups is 3. The van der Waals surface area contributed by atoms with E-state index in [0.717, 1.165) is 31.5 Å².